The Morgan fingerprint density at radius 1 is 1.00 bits per heavy atom. The van der Waals surface area contributed by atoms with Crippen molar-refractivity contribution < 1.29 is 4.74 Å². The predicted octanol–water partition coefficient (Wildman–Crippen LogP) is 6.71. The summed E-state index contributed by atoms with van der Waals surface area (Å²) < 4.78 is 5.89. The van der Waals surface area contributed by atoms with Gasteiger partial charge < -0.3 is 4.74 Å². The molecule has 1 nitrogen and oxygen atoms in total. The Labute approximate surface area is 153 Å². The zero-order valence-corrected chi connectivity index (χ0v) is 16.1. The van der Waals surface area contributed by atoms with Gasteiger partial charge in [0, 0.05) is 20.6 Å². The lowest BCUT2D eigenvalue weighted by Gasteiger charge is -2.10. The first kappa shape index (κ1) is 18.6. The monoisotopic (exact) mass is 366 g/mol. The summed E-state index contributed by atoms with van der Waals surface area (Å²) in [6.07, 6.45) is 2.22. The van der Waals surface area contributed by atoms with Gasteiger partial charge in [-0.1, -0.05) is 24.6 Å². The number of halogens is 1. The van der Waals surface area contributed by atoms with Gasteiger partial charge in [-0.15, -0.1) is 23.5 Å². The van der Waals surface area contributed by atoms with Gasteiger partial charge in [0.2, 0.25) is 0 Å². The van der Waals surface area contributed by atoms with Gasteiger partial charge in [0.15, 0.2) is 0 Å². The predicted molar refractivity (Wildman–Crippen MR) is 104 cm³/mol. The lowest BCUT2D eigenvalue weighted by molar-refractivity contribution is 0.318. The van der Waals surface area contributed by atoms with Crippen LogP contribution in [0.4, 0.5) is 0 Å². The summed E-state index contributed by atoms with van der Waals surface area (Å²) >= 11 is 9.63. The second-order valence-corrected chi connectivity index (χ2v) is 8.02. The summed E-state index contributed by atoms with van der Waals surface area (Å²) in [5, 5.41) is 0.786. The van der Waals surface area contributed by atoms with Crippen LogP contribution in [-0.2, 0) is 0 Å². The van der Waals surface area contributed by atoms with Crippen LogP contribution in [0.25, 0.3) is 0 Å². The third-order valence-corrected chi connectivity index (χ3v) is 5.97. The molecular weight excluding hydrogens is 344 g/mol. The van der Waals surface area contributed by atoms with E-state index in [9.17, 15) is 0 Å². The molecule has 0 saturated carbocycles. The van der Waals surface area contributed by atoms with Crippen molar-refractivity contribution in [2.24, 2.45) is 0 Å². The molecule has 0 spiro atoms. The van der Waals surface area contributed by atoms with Crippen molar-refractivity contribution in [3.63, 3.8) is 0 Å². The Bertz CT molecular complexity index is 599. The molecule has 0 radical (unpaired) electrons. The van der Waals surface area contributed by atoms with Crippen LogP contribution in [0.5, 0.6) is 5.75 Å². The highest BCUT2D eigenvalue weighted by Crippen LogP contribution is 2.27. The van der Waals surface area contributed by atoms with E-state index in [4.69, 9.17) is 16.3 Å². The van der Waals surface area contributed by atoms with E-state index in [1.165, 1.54) is 21.8 Å². The summed E-state index contributed by atoms with van der Waals surface area (Å²) in [6, 6.07) is 14.4. The Balaban J connectivity index is 1.72. The zero-order valence-electron chi connectivity index (χ0n) is 13.7. The summed E-state index contributed by atoms with van der Waals surface area (Å²) in [4.78, 5) is 2.59. The summed E-state index contributed by atoms with van der Waals surface area (Å²) in [5.41, 5.74) is 1.33. The molecule has 0 aliphatic carbocycles. The van der Waals surface area contributed by atoms with Crippen LogP contribution in [0.2, 0.25) is 5.02 Å². The Morgan fingerprint density at radius 3 is 2.52 bits per heavy atom. The number of hydrogen-bond acceptors (Lipinski definition) is 3. The molecule has 124 valence electrons. The van der Waals surface area contributed by atoms with Gasteiger partial charge in [-0.3, -0.25) is 0 Å². The van der Waals surface area contributed by atoms with Crippen molar-refractivity contribution in [2.45, 2.75) is 36.5 Å². The van der Waals surface area contributed by atoms with E-state index in [-0.39, 0.29) is 0 Å². The third kappa shape index (κ3) is 6.70. The van der Waals surface area contributed by atoms with E-state index in [2.05, 4.69) is 44.2 Å². The van der Waals surface area contributed by atoms with Crippen molar-refractivity contribution in [2.75, 3.05) is 18.1 Å². The molecule has 0 heterocycles. The number of hydrogen-bond donors (Lipinski definition) is 0. The van der Waals surface area contributed by atoms with Crippen LogP contribution in [-0.4, -0.2) is 18.1 Å². The Hall–Kier alpha value is -0.770. The average molecular weight is 367 g/mol. The van der Waals surface area contributed by atoms with Gasteiger partial charge in [-0.25, -0.2) is 0 Å². The number of thioether (sulfide) groups is 2. The van der Waals surface area contributed by atoms with Crippen molar-refractivity contribution in [1.82, 2.24) is 0 Å². The molecule has 0 aliphatic heterocycles. The minimum Gasteiger partial charge on any atom is -0.494 e. The SMILES string of the molecule is CCCSc1cc(OCCCSc2ccc(Cl)cc2)ccc1C. The molecular formula is C19H23ClOS2. The number of ether oxygens (including phenoxy) is 1. The lowest BCUT2D eigenvalue weighted by atomic mass is 10.2. The minimum absolute atomic E-state index is 0.752. The molecule has 0 amide bonds. The molecule has 0 atom stereocenters. The molecule has 0 fully saturated rings. The molecule has 2 aromatic rings. The van der Waals surface area contributed by atoms with Gasteiger partial charge >= 0.3 is 0 Å². The molecule has 0 N–H and O–H groups in total. The number of aryl methyl sites for hydroxylation is 1. The van der Waals surface area contributed by atoms with Gasteiger partial charge in [-0.05, 0) is 67.5 Å². The second kappa shape index (κ2) is 10.2. The first-order valence-electron chi connectivity index (χ1n) is 7.93. The maximum absolute atomic E-state index is 5.89. The van der Waals surface area contributed by atoms with Crippen molar-refractivity contribution in [1.29, 1.82) is 0 Å². The molecule has 23 heavy (non-hydrogen) atoms. The Kier molecular flexibility index (Phi) is 8.21. The smallest absolute Gasteiger partial charge is 0.120 e. The fourth-order valence-corrected chi connectivity index (χ4v) is 3.88. The minimum atomic E-state index is 0.752. The third-order valence-electron chi connectivity index (χ3n) is 3.26. The first-order chi connectivity index (χ1) is 11.2. The maximum atomic E-state index is 5.89. The quantitative estimate of drug-likeness (QED) is 0.360. The normalized spacial score (nSPS) is 10.7. The molecule has 2 rings (SSSR count). The average Bonchev–Trinajstić information content (AvgIpc) is 2.56. The molecule has 4 heteroatoms. The van der Waals surface area contributed by atoms with Crippen LogP contribution >= 0.6 is 35.1 Å². The molecule has 2 aromatic carbocycles. The van der Waals surface area contributed by atoms with Crippen LogP contribution in [0, 0.1) is 6.92 Å². The highest BCUT2D eigenvalue weighted by Gasteiger charge is 2.02. The largest absolute Gasteiger partial charge is 0.494 e. The van der Waals surface area contributed by atoms with Crippen LogP contribution in [0.3, 0.4) is 0 Å². The van der Waals surface area contributed by atoms with Gasteiger partial charge in [0.1, 0.15) is 5.75 Å². The zero-order chi connectivity index (χ0) is 16.5. The van der Waals surface area contributed by atoms with Crippen molar-refractivity contribution in [3.8, 4) is 5.75 Å². The molecule has 0 unspecified atom stereocenters. The van der Waals surface area contributed by atoms with Crippen LogP contribution < -0.4 is 4.74 Å². The van der Waals surface area contributed by atoms with E-state index in [1.54, 1.807) is 0 Å². The van der Waals surface area contributed by atoms with Gasteiger partial charge in [-0.2, -0.15) is 0 Å². The molecule has 0 aliphatic rings. The first-order valence-corrected chi connectivity index (χ1v) is 10.3. The van der Waals surface area contributed by atoms with E-state index in [0.29, 0.717) is 0 Å². The molecule has 0 saturated heterocycles. The summed E-state index contributed by atoms with van der Waals surface area (Å²) in [6.45, 7) is 5.12. The van der Waals surface area contributed by atoms with Gasteiger partial charge in [0.05, 0.1) is 6.61 Å². The van der Waals surface area contributed by atoms with E-state index in [0.717, 1.165) is 35.3 Å². The van der Waals surface area contributed by atoms with Crippen LogP contribution in [0.15, 0.2) is 52.3 Å². The molecule has 0 aromatic heterocycles. The second-order valence-electron chi connectivity index (χ2n) is 5.28. The summed E-state index contributed by atoms with van der Waals surface area (Å²) in [5.74, 6) is 3.18. The standard InChI is InChI=1S/C19H23ClOS2/c1-3-12-23-19-14-17(8-5-15(19)2)21-11-4-13-22-18-9-6-16(20)7-10-18/h5-10,14H,3-4,11-13H2,1-2H3. The van der Waals surface area contributed by atoms with E-state index >= 15 is 0 Å². The molecule has 0 bridgehead atoms. The van der Waals surface area contributed by atoms with Gasteiger partial charge in [0.25, 0.3) is 0 Å². The van der Waals surface area contributed by atoms with Crippen LogP contribution in [0.1, 0.15) is 25.3 Å². The number of rotatable bonds is 9. The Morgan fingerprint density at radius 2 is 1.78 bits per heavy atom. The maximum Gasteiger partial charge on any atom is 0.120 e. The van der Waals surface area contributed by atoms with Crippen molar-refractivity contribution >= 4 is 35.1 Å². The van der Waals surface area contributed by atoms with E-state index in [1.807, 2.05) is 35.7 Å². The topological polar surface area (TPSA) is 9.23 Å². The van der Waals surface area contributed by atoms with E-state index < -0.39 is 0 Å². The highest BCUT2D eigenvalue weighted by atomic mass is 35.5. The fourth-order valence-electron chi connectivity index (χ4n) is 2.01. The summed E-state index contributed by atoms with van der Waals surface area (Å²) in [7, 11) is 0. The number of benzene rings is 2. The highest BCUT2D eigenvalue weighted by molar-refractivity contribution is 7.99. The fraction of sp³-hybridized carbons (Fsp3) is 0.368. The van der Waals surface area contributed by atoms with Crippen molar-refractivity contribution in [3.05, 3.63) is 53.1 Å². The lowest BCUT2D eigenvalue weighted by Crippen LogP contribution is -1.99.